The Hall–Kier alpha value is -1.92. The summed E-state index contributed by atoms with van der Waals surface area (Å²) in [4.78, 5) is 11.9. The quantitative estimate of drug-likeness (QED) is 0.441. The summed E-state index contributed by atoms with van der Waals surface area (Å²) in [6.45, 7) is 8.07. The van der Waals surface area contributed by atoms with Crippen molar-refractivity contribution in [2.75, 3.05) is 13.7 Å². The summed E-state index contributed by atoms with van der Waals surface area (Å²) in [5.41, 5.74) is 2.17. The number of esters is 1. The summed E-state index contributed by atoms with van der Waals surface area (Å²) in [5.74, 6) is -0.354. The summed E-state index contributed by atoms with van der Waals surface area (Å²) in [7, 11) is 0.283. The highest BCUT2D eigenvalue weighted by Gasteiger charge is 2.16. The first-order chi connectivity index (χ1) is 10.9. The molecule has 1 heterocycles. The van der Waals surface area contributed by atoms with Crippen LogP contribution >= 0.6 is 0 Å². The minimum atomic E-state index is -1.10. The number of methoxy groups -OCH3 is 1. The van der Waals surface area contributed by atoms with Gasteiger partial charge < -0.3 is 9.47 Å². The largest absolute Gasteiger partial charge is 0.465 e. The van der Waals surface area contributed by atoms with Crippen LogP contribution in [0.15, 0.2) is 36.5 Å². The fraction of sp³-hybridized carbons (Fsp3) is 0.412. The second kappa shape index (κ2) is 7.57. The molecule has 5 nitrogen and oxygen atoms in total. The Kier molecular flexibility index (Phi) is 5.73. The van der Waals surface area contributed by atoms with Crippen LogP contribution < -0.4 is 0 Å². The predicted octanol–water partition coefficient (Wildman–Crippen LogP) is 3.65. The molecule has 0 atom stereocenters. The number of rotatable bonds is 7. The molecule has 0 bridgehead atoms. The molecule has 0 N–H and O–H groups in total. The van der Waals surface area contributed by atoms with E-state index in [1.54, 1.807) is 16.9 Å². The molecule has 1 aromatic heterocycles. The van der Waals surface area contributed by atoms with Gasteiger partial charge in [-0.25, -0.2) is 9.48 Å². The van der Waals surface area contributed by atoms with Crippen molar-refractivity contribution in [2.24, 2.45) is 0 Å². The third kappa shape index (κ3) is 4.77. The predicted molar refractivity (Wildman–Crippen MR) is 93.1 cm³/mol. The molecule has 0 amide bonds. The monoisotopic (exact) mass is 332 g/mol. The van der Waals surface area contributed by atoms with Crippen LogP contribution in [-0.2, 0) is 16.2 Å². The van der Waals surface area contributed by atoms with Crippen LogP contribution in [0.1, 0.15) is 10.4 Å². The third-order valence-corrected chi connectivity index (χ3v) is 5.24. The molecule has 0 saturated carbocycles. The van der Waals surface area contributed by atoms with Gasteiger partial charge in [0.15, 0.2) is 0 Å². The standard InChI is InChI=1S/C17H24N2O3Si/c1-21-17(20)15-8-6-5-7-14(15)16-9-10-18-19(16)13-22-11-12-23(2,3)4/h5-10H,11-13H2,1-4H3. The first-order valence-corrected chi connectivity index (χ1v) is 11.4. The van der Waals surface area contributed by atoms with Gasteiger partial charge >= 0.3 is 5.97 Å². The molecule has 0 fully saturated rings. The number of carbonyl (C=O) groups is 1. The third-order valence-electron chi connectivity index (χ3n) is 3.53. The van der Waals surface area contributed by atoms with Gasteiger partial charge in [-0.05, 0) is 18.2 Å². The Morgan fingerprint density at radius 3 is 2.65 bits per heavy atom. The molecule has 1 aromatic carbocycles. The highest BCUT2D eigenvalue weighted by atomic mass is 28.3. The second-order valence-corrected chi connectivity index (χ2v) is 12.2. The van der Waals surface area contributed by atoms with Gasteiger partial charge in [-0.15, -0.1) is 0 Å². The second-order valence-electron chi connectivity index (χ2n) is 6.60. The van der Waals surface area contributed by atoms with Gasteiger partial charge in [-0.2, -0.15) is 5.10 Å². The molecule has 23 heavy (non-hydrogen) atoms. The number of hydrogen-bond donors (Lipinski definition) is 0. The average Bonchev–Trinajstić information content (AvgIpc) is 2.98. The average molecular weight is 332 g/mol. The van der Waals surface area contributed by atoms with Crippen molar-refractivity contribution in [1.29, 1.82) is 0 Å². The van der Waals surface area contributed by atoms with Crippen molar-refractivity contribution in [2.45, 2.75) is 32.4 Å². The molecule has 2 aromatic rings. The Bertz CT molecular complexity index is 662. The van der Waals surface area contributed by atoms with Crippen LogP contribution in [0.5, 0.6) is 0 Å². The van der Waals surface area contributed by atoms with E-state index < -0.39 is 8.07 Å². The van der Waals surface area contributed by atoms with Crippen molar-refractivity contribution < 1.29 is 14.3 Å². The van der Waals surface area contributed by atoms with Crippen molar-refractivity contribution in [3.8, 4) is 11.3 Å². The van der Waals surface area contributed by atoms with E-state index in [0.717, 1.165) is 23.9 Å². The normalized spacial score (nSPS) is 11.5. The number of hydrogen-bond acceptors (Lipinski definition) is 4. The molecule has 2 rings (SSSR count). The zero-order chi connectivity index (χ0) is 16.9. The van der Waals surface area contributed by atoms with Crippen LogP contribution in [-0.4, -0.2) is 37.5 Å². The van der Waals surface area contributed by atoms with Gasteiger partial charge in [0.2, 0.25) is 0 Å². The van der Waals surface area contributed by atoms with Crippen molar-refractivity contribution >= 4 is 14.0 Å². The molecule has 0 aliphatic heterocycles. The molecular formula is C17H24N2O3Si. The summed E-state index contributed by atoms with van der Waals surface area (Å²) in [6.07, 6.45) is 1.71. The van der Waals surface area contributed by atoms with Crippen molar-refractivity contribution in [3.63, 3.8) is 0 Å². The Morgan fingerprint density at radius 1 is 1.22 bits per heavy atom. The molecule has 0 saturated heterocycles. The lowest BCUT2D eigenvalue weighted by Crippen LogP contribution is -2.22. The minimum Gasteiger partial charge on any atom is -0.465 e. The highest BCUT2D eigenvalue weighted by molar-refractivity contribution is 6.76. The van der Waals surface area contributed by atoms with Crippen molar-refractivity contribution in [3.05, 3.63) is 42.1 Å². The van der Waals surface area contributed by atoms with E-state index in [2.05, 4.69) is 24.7 Å². The lowest BCUT2D eigenvalue weighted by atomic mass is 10.0. The van der Waals surface area contributed by atoms with E-state index in [0.29, 0.717) is 12.3 Å². The maximum Gasteiger partial charge on any atom is 0.338 e. The smallest absolute Gasteiger partial charge is 0.338 e. The fourth-order valence-electron chi connectivity index (χ4n) is 2.19. The first-order valence-electron chi connectivity index (χ1n) is 7.69. The summed E-state index contributed by atoms with van der Waals surface area (Å²) in [6, 6.07) is 10.4. The van der Waals surface area contributed by atoms with E-state index in [9.17, 15) is 4.79 Å². The molecule has 0 spiro atoms. The fourth-order valence-corrected chi connectivity index (χ4v) is 2.94. The maximum atomic E-state index is 11.9. The van der Waals surface area contributed by atoms with Gasteiger partial charge in [0, 0.05) is 26.4 Å². The highest BCUT2D eigenvalue weighted by Crippen LogP contribution is 2.24. The van der Waals surface area contributed by atoms with Gasteiger partial charge in [-0.3, -0.25) is 0 Å². The number of nitrogens with zero attached hydrogens (tertiary/aromatic N) is 2. The summed E-state index contributed by atoms with van der Waals surface area (Å²) < 4.78 is 12.4. The molecule has 0 aliphatic rings. The number of aromatic nitrogens is 2. The Morgan fingerprint density at radius 2 is 1.96 bits per heavy atom. The summed E-state index contributed by atoms with van der Waals surface area (Å²) in [5, 5.41) is 4.30. The van der Waals surface area contributed by atoms with E-state index >= 15 is 0 Å². The van der Waals surface area contributed by atoms with Gasteiger partial charge in [0.1, 0.15) is 6.73 Å². The maximum absolute atomic E-state index is 11.9. The minimum absolute atomic E-state index is 0.354. The zero-order valence-corrected chi connectivity index (χ0v) is 15.2. The lowest BCUT2D eigenvalue weighted by Gasteiger charge is -2.16. The van der Waals surface area contributed by atoms with Gasteiger partial charge in [-0.1, -0.05) is 37.8 Å². The van der Waals surface area contributed by atoms with Crippen LogP contribution in [0.25, 0.3) is 11.3 Å². The van der Waals surface area contributed by atoms with Gasteiger partial charge in [0.25, 0.3) is 0 Å². The Labute approximate surface area is 138 Å². The number of ether oxygens (including phenoxy) is 2. The first kappa shape index (κ1) is 17.4. The molecule has 0 unspecified atom stereocenters. The van der Waals surface area contributed by atoms with Crippen molar-refractivity contribution in [1.82, 2.24) is 9.78 Å². The molecule has 0 aliphatic carbocycles. The van der Waals surface area contributed by atoms with E-state index in [1.807, 2.05) is 24.3 Å². The number of carbonyl (C=O) groups excluding carboxylic acids is 1. The number of benzene rings is 1. The van der Waals surface area contributed by atoms with Crippen LogP contribution in [0.4, 0.5) is 0 Å². The lowest BCUT2D eigenvalue weighted by molar-refractivity contribution is 0.0601. The molecule has 6 heteroatoms. The molecular weight excluding hydrogens is 308 g/mol. The van der Waals surface area contributed by atoms with Gasteiger partial charge in [0.05, 0.1) is 18.4 Å². The zero-order valence-electron chi connectivity index (χ0n) is 14.2. The Balaban J connectivity index is 2.14. The molecule has 124 valence electrons. The topological polar surface area (TPSA) is 53.3 Å². The van der Waals surface area contributed by atoms with E-state index in [1.165, 1.54) is 7.11 Å². The van der Waals surface area contributed by atoms with Crippen LogP contribution in [0, 0.1) is 0 Å². The SMILES string of the molecule is COC(=O)c1ccccc1-c1ccnn1COCC[Si](C)(C)C. The van der Waals surface area contributed by atoms with E-state index in [-0.39, 0.29) is 5.97 Å². The van der Waals surface area contributed by atoms with E-state index in [4.69, 9.17) is 9.47 Å². The summed E-state index contributed by atoms with van der Waals surface area (Å²) >= 11 is 0. The van der Waals surface area contributed by atoms with Crippen LogP contribution in [0.3, 0.4) is 0 Å². The molecule has 0 radical (unpaired) electrons. The van der Waals surface area contributed by atoms with Crippen LogP contribution in [0.2, 0.25) is 25.7 Å².